The van der Waals surface area contributed by atoms with Gasteiger partial charge in [-0.1, -0.05) is 15.9 Å². The van der Waals surface area contributed by atoms with Crippen LogP contribution in [0.5, 0.6) is 5.75 Å². The summed E-state index contributed by atoms with van der Waals surface area (Å²) in [4.78, 5) is 0. The molecule has 1 N–H and O–H groups in total. The molecule has 0 saturated carbocycles. The van der Waals surface area contributed by atoms with Crippen molar-refractivity contribution in [3.8, 4) is 11.8 Å². The predicted molar refractivity (Wildman–Crippen MR) is 69.9 cm³/mol. The third kappa shape index (κ3) is 2.99. The number of hydrogen-bond donors (Lipinski definition) is 1. The van der Waals surface area contributed by atoms with Gasteiger partial charge in [-0.05, 0) is 24.6 Å². The van der Waals surface area contributed by atoms with Crippen LogP contribution in [0.1, 0.15) is 24.5 Å². The SMILES string of the molecule is CC(CC#N)NCc1cc(Br)cc2c1OCC2. The molecule has 3 nitrogen and oxygen atoms in total. The Bertz CT molecular complexity index is 453. The summed E-state index contributed by atoms with van der Waals surface area (Å²) >= 11 is 3.52. The Labute approximate surface area is 110 Å². The van der Waals surface area contributed by atoms with Crippen molar-refractivity contribution in [1.82, 2.24) is 5.32 Å². The fourth-order valence-corrected chi connectivity index (χ4v) is 2.52. The van der Waals surface area contributed by atoms with E-state index in [1.54, 1.807) is 0 Å². The minimum absolute atomic E-state index is 0.205. The van der Waals surface area contributed by atoms with Crippen LogP contribution in [-0.2, 0) is 13.0 Å². The summed E-state index contributed by atoms with van der Waals surface area (Å²) in [6.07, 6.45) is 1.51. The van der Waals surface area contributed by atoms with Crippen molar-refractivity contribution in [2.24, 2.45) is 0 Å². The highest BCUT2D eigenvalue weighted by Crippen LogP contribution is 2.32. The lowest BCUT2D eigenvalue weighted by atomic mass is 10.1. The van der Waals surface area contributed by atoms with Crippen molar-refractivity contribution >= 4 is 15.9 Å². The van der Waals surface area contributed by atoms with E-state index >= 15 is 0 Å². The molecule has 0 radical (unpaired) electrons. The van der Waals surface area contributed by atoms with E-state index in [1.807, 2.05) is 6.92 Å². The standard InChI is InChI=1S/C13H15BrN2O/c1-9(2-4-15)16-8-11-7-12(14)6-10-3-5-17-13(10)11/h6-7,9,16H,2-3,5,8H2,1H3. The number of benzene rings is 1. The average molecular weight is 295 g/mol. The zero-order chi connectivity index (χ0) is 12.3. The molecule has 0 aliphatic carbocycles. The van der Waals surface area contributed by atoms with Crippen LogP contribution in [0.4, 0.5) is 0 Å². The second kappa shape index (κ2) is 5.52. The van der Waals surface area contributed by atoms with Crippen molar-refractivity contribution in [2.75, 3.05) is 6.61 Å². The maximum atomic E-state index is 8.61. The van der Waals surface area contributed by atoms with Crippen LogP contribution in [0.15, 0.2) is 16.6 Å². The first-order valence-corrected chi connectivity index (χ1v) is 6.54. The van der Waals surface area contributed by atoms with E-state index in [9.17, 15) is 0 Å². The largest absolute Gasteiger partial charge is 0.493 e. The number of halogens is 1. The molecule has 1 heterocycles. The van der Waals surface area contributed by atoms with Gasteiger partial charge in [0.15, 0.2) is 0 Å². The first kappa shape index (κ1) is 12.4. The van der Waals surface area contributed by atoms with Crippen LogP contribution in [0.25, 0.3) is 0 Å². The van der Waals surface area contributed by atoms with E-state index in [-0.39, 0.29) is 6.04 Å². The van der Waals surface area contributed by atoms with Gasteiger partial charge in [0.1, 0.15) is 5.75 Å². The first-order chi connectivity index (χ1) is 8.20. The van der Waals surface area contributed by atoms with E-state index in [0.717, 1.165) is 35.4 Å². The highest BCUT2D eigenvalue weighted by molar-refractivity contribution is 9.10. The van der Waals surface area contributed by atoms with Gasteiger partial charge in [0, 0.05) is 29.0 Å². The van der Waals surface area contributed by atoms with Gasteiger partial charge in [-0.3, -0.25) is 0 Å². The summed E-state index contributed by atoms with van der Waals surface area (Å²) in [7, 11) is 0. The topological polar surface area (TPSA) is 45.0 Å². The molecule has 4 heteroatoms. The molecule has 1 atom stereocenters. The molecule has 0 fully saturated rings. The zero-order valence-electron chi connectivity index (χ0n) is 9.79. The van der Waals surface area contributed by atoms with Gasteiger partial charge in [0.2, 0.25) is 0 Å². The summed E-state index contributed by atoms with van der Waals surface area (Å²) in [5.74, 6) is 1.02. The minimum Gasteiger partial charge on any atom is -0.493 e. The van der Waals surface area contributed by atoms with Crippen LogP contribution in [0.3, 0.4) is 0 Å². The highest BCUT2D eigenvalue weighted by Gasteiger charge is 2.17. The molecular formula is C13H15BrN2O. The molecule has 0 bridgehead atoms. The maximum absolute atomic E-state index is 8.61. The van der Waals surface area contributed by atoms with Crippen molar-refractivity contribution in [2.45, 2.75) is 32.4 Å². The Morgan fingerprint density at radius 2 is 2.41 bits per heavy atom. The third-order valence-corrected chi connectivity index (χ3v) is 3.32. The molecule has 0 spiro atoms. The van der Waals surface area contributed by atoms with Crippen LogP contribution in [-0.4, -0.2) is 12.6 Å². The van der Waals surface area contributed by atoms with Gasteiger partial charge >= 0.3 is 0 Å². The molecule has 17 heavy (non-hydrogen) atoms. The van der Waals surface area contributed by atoms with Crippen LogP contribution in [0, 0.1) is 11.3 Å². The summed E-state index contributed by atoms with van der Waals surface area (Å²) in [5, 5.41) is 11.9. The van der Waals surface area contributed by atoms with Gasteiger partial charge in [0.25, 0.3) is 0 Å². The van der Waals surface area contributed by atoms with E-state index in [2.05, 4.69) is 39.4 Å². The average Bonchev–Trinajstić information content (AvgIpc) is 2.74. The molecule has 1 aromatic carbocycles. The fourth-order valence-electron chi connectivity index (χ4n) is 1.97. The van der Waals surface area contributed by atoms with Crippen LogP contribution < -0.4 is 10.1 Å². The lowest BCUT2D eigenvalue weighted by molar-refractivity contribution is 0.351. The fraction of sp³-hybridized carbons (Fsp3) is 0.462. The molecule has 1 aliphatic rings. The number of fused-ring (bicyclic) bond motifs is 1. The van der Waals surface area contributed by atoms with Crippen molar-refractivity contribution in [3.63, 3.8) is 0 Å². The molecule has 0 saturated heterocycles. The summed E-state index contributed by atoms with van der Waals surface area (Å²) in [5.41, 5.74) is 2.43. The van der Waals surface area contributed by atoms with Gasteiger partial charge in [-0.25, -0.2) is 0 Å². The number of rotatable bonds is 4. The van der Waals surface area contributed by atoms with Gasteiger partial charge in [0.05, 0.1) is 19.1 Å². The molecule has 0 amide bonds. The Hall–Kier alpha value is -1.05. The first-order valence-electron chi connectivity index (χ1n) is 5.75. The Morgan fingerprint density at radius 1 is 1.59 bits per heavy atom. The van der Waals surface area contributed by atoms with Crippen LogP contribution in [0.2, 0.25) is 0 Å². The number of ether oxygens (including phenoxy) is 1. The van der Waals surface area contributed by atoms with E-state index in [1.165, 1.54) is 5.56 Å². The van der Waals surface area contributed by atoms with Crippen molar-refractivity contribution in [3.05, 3.63) is 27.7 Å². The molecule has 1 aliphatic heterocycles. The second-order valence-corrected chi connectivity index (χ2v) is 5.21. The van der Waals surface area contributed by atoms with Crippen molar-refractivity contribution < 1.29 is 4.74 Å². The van der Waals surface area contributed by atoms with Gasteiger partial charge < -0.3 is 10.1 Å². The lowest BCUT2D eigenvalue weighted by Crippen LogP contribution is -2.25. The summed E-state index contributed by atoms with van der Waals surface area (Å²) < 4.78 is 6.74. The number of hydrogen-bond acceptors (Lipinski definition) is 3. The number of nitrogens with one attached hydrogen (secondary N) is 1. The molecule has 1 aromatic rings. The summed E-state index contributed by atoms with van der Waals surface area (Å²) in [6, 6.07) is 6.56. The Kier molecular flexibility index (Phi) is 4.03. The van der Waals surface area contributed by atoms with E-state index in [4.69, 9.17) is 10.00 Å². The second-order valence-electron chi connectivity index (χ2n) is 4.30. The third-order valence-electron chi connectivity index (χ3n) is 2.86. The molecule has 90 valence electrons. The normalized spacial score (nSPS) is 14.9. The molecule has 2 rings (SSSR count). The monoisotopic (exact) mass is 294 g/mol. The van der Waals surface area contributed by atoms with Crippen LogP contribution >= 0.6 is 15.9 Å². The van der Waals surface area contributed by atoms with Gasteiger partial charge in [-0.2, -0.15) is 5.26 Å². The predicted octanol–water partition coefficient (Wildman–Crippen LogP) is 2.78. The smallest absolute Gasteiger partial charge is 0.127 e. The lowest BCUT2D eigenvalue weighted by Gasteiger charge is -2.13. The number of nitrogens with zero attached hydrogens (tertiary/aromatic N) is 1. The molecule has 0 aromatic heterocycles. The number of nitriles is 1. The quantitative estimate of drug-likeness (QED) is 0.929. The van der Waals surface area contributed by atoms with Gasteiger partial charge in [-0.15, -0.1) is 0 Å². The zero-order valence-corrected chi connectivity index (χ0v) is 11.4. The Balaban J connectivity index is 2.09. The van der Waals surface area contributed by atoms with Crippen molar-refractivity contribution in [1.29, 1.82) is 5.26 Å². The molecule has 1 unspecified atom stereocenters. The Morgan fingerprint density at radius 3 is 3.18 bits per heavy atom. The summed E-state index contributed by atoms with van der Waals surface area (Å²) in [6.45, 7) is 3.53. The highest BCUT2D eigenvalue weighted by atomic mass is 79.9. The minimum atomic E-state index is 0.205. The van der Waals surface area contributed by atoms with E-state index in [0.29, 0.717) is 6.42 Å². The molecular weight excluding hydrogens is 280 g/mol. The van der Waals surface area contributed by atoms with E-state index < -0.39 is 0 Å². The maximum Gasteiger partial charge on any atom is 0.127 e.